The molecular weight excluding hydrogens is 304 g/mol. The van der Waals surface area contributed by atoms with Crippen LogP contribution in [0.5, 0.6) is 0 Å². The minimum atomic E-state index is -3.33. The number of nitrogens with one attached hydrogen (secondary N) is 1. The topological polar surface area (TPSA) is 99.2 Å². The maximum Gasteiger partial charge on any atom is 0.214 e. The first-order valence-electron chi connectivity index (χ1n) is 8.06. The molecule has 0 bridgehead atoms. The van der Waals surface area contributed by atoms with E-state index in [0.717, 1.165) is 25.7 Å². The highest BCUT2D eigenvalue weighted by molar-refractivity contribution is 7.89. The molecule has 2 fully saturated rings. The molecule has 0 spiro atoms. The van der Waals surface area contributed by atoms with Gasteiger partial charge in [-0.3, -0.25) is 0 Å². The predicted octanol–water partition coefficient (Wildman–Crippen LogP) is 0.998. The van der Waals surface area contributed by atoms with E-state index in [1.807, 2.05) is 0 Å². The number of nitrogens with zero attached hydrogens (tertiary/aromatic N) is 3. The lowest BCUT2D eigenvalue weighted by Crippen LogP contribution is -2.49. The number of hydrogen-bond acceptors (Lipinski definition) is 5. The van der Waals surface area contributed by atoms with Crippen LogP contribution >= 0.6 is 0 Å². The van der Waals surface area contributed by atoms with E-state index in [0.29, 0.717) is 25.1 Å². The highest BCUT2D eigenvalue weighted by atomic mass is 32.2. The summed E-state index contributed by atoms with van der Waals surface area (Å²) in [5.41, 5.74) is -0.810. The first-order chi connectivity index (χ1) is 10.5. The van der Waals surface area contributed by atoms with Crippen molar-refractivity contribution in [2.45, 2.75) is 50.5 Å². The number of H-pyrrole nitrogens is 1. The molecule has 8 heteroatoms. The normalized spacial score (nSPS) is 28.8. The van der Waals surface area contributed by atoms with Gasteiger partial charge in [-0.15, -0.1) is 0 Å². The van der Waals surface area contributed by atoms with E-state index in [1.165, 1.54) is 16.9 Å². The highest BCUT2D eigenvalue weighted by Crippen LogP contribution is 2.32. The van der Waals surface area contributed by atoms with Crippen molar-refractivity contribution in [2.75, 3.05) is 18.8 Å². The Bertz CT molecular complexity index is 583. The van der Waals surface area contributed by atoms with Gasteiger partial charge in [-0.2, -0.15) is 19.7 Å². The maximum atomic E-state index is 12.7. The van der Waals surface area contributed by atoms with Crippen molar-refractivity contribution < 1.29 is 13.5 Å². The van der Waals surface area contributed by atoms with E-state index >= 15 is 0 Å². The zero-order valence-electron chi connectivity index (χ0n) is 12.7. The Hall–Kier alpha value is -0.990. The second-order valence-electron chi connectivity index (χ2n) is 6.61. The molecule has 0 aromatic carbocycles. The molecule has 2 heterocycles. The smallest absolute Gasteiger partial charge is 0.214 e. The summed E-state index contributed by atoms with van der Waals surface area (Å²) in [6.07, 6.45) is 8.08. The Morgan fingerprint density at radius 1 is 1.32 bits per heavy atom. The van der Waals surface area contributed by atoms with Crippen LogP contribution in [-0.4, -0.2) is 52.1 Å². The van der Waals surface area contributed by atoms with Gasteiger partial charge in [0, 0.05) is 13.1 Å². The third kappa shape index (κ3) is 3.33. The van der Waals surface area contributed by atoms with Crippen LogP contribution in [0.2, 0.25) is 0 Å². The number of aliphatic hydroxyl groups is 1. The lowest BCUT2D eigenvalue weighted by molar-refractivity contribution is -0.0162. The molecule has 1 aliphatic carbocycles. The molecule has 3 rings (SSSR count). The molecule has 7 nitrogen and oxygen atoms in total. The van der Waals surface area contributed by atoms with Crippen molar-refractivity contribution in [1.82, 2.24) is 19.7 Å². The van der Waals surface area contributed by atoms with Gasteiger partial charge in [-0.1, -0.05) is 19.3 Å². The lowest BCUT2D eigenvalue weighted by Gasteiger charge is -2.37. The Kier molecular flexibility index (Phi) is 4.52. The first kappa shape index (κ1) is 15.9. The van der Waals surface area contributed by atoms with Gasteiger partial charge in [0.05, 0.1) is 11.9 Å². The standard InChI is InChI=1S/C14H24N4O3S/c19-14(13-9-15-17-16-13)7-4-8-18(11-14)22(20,21)10-12-5-2-1-3-6-12/h9,12,19H,1-8,10-11H2,(H,15,16,17)/t14-/m0/s1. The number of aromatic amines is 1. The third-order valence-electron chi connectivity index (χ3n) is 4.89. The van der Waals surface area contributed by atoms with Gasteiger partial charge in [0.25, 0.3) is 0 Å². The maximum absolute atomic E-state index is 12.7. The lowest BCUT2D eigenvalue weighted by atomic mass is 9.91. The van der Waals surface area contributed by atoms with E-state index in [4.69, 9.17) is 0 Å². The SMILES string of the molecule is O=S(=O)(CC1CCCCC1)N1CCC[C@@](O)(c2cn[nH]n2)C1. The summed E-state index contributed by atoms with van der Waals surface area (Å²) in [5.74, 6) is 0.475. The van der Waals surface area contributed by atoms with Crippen LogP contribution < -0.4 is 0 Å². The van der Waals surface area contributed by atoms with Gasteiger partial charge in [0.1, 0.15) is 11.3 Å². The van der Waals surface area contributed by atoms with Crippen molar-refractivity contribution in [1.29, 1.82) is 0 Å². The van der Waals surface area contributed by atoms with Crippen LogP contribution in [0.3, 0.4) is 0 Å². The summed E-state index contributed by atoms with van der Waals surface area (Å²) in [5, 5.41) is 20.9. The third-order valence-corrected chi connectivity index (χ3v) is 6.88. The Morgan fingerprint density at radius 2 is 2.09 bits per heavy atom. The summed E-state index contributed by atoms with van der Waals surface area (Å²) in [7, 11) is -3.33. The van der Waals surface area contributed by atoms with E-state index in [2.05, 4.69) is 15.4 Å². The minimum Gasteiger partial charge on any atom is -0.382 e. The molecule has 0 unspecified atom stereocenters. The van der Waals surface area contributed by atoms with Gasteiger partial charge in [-0.25, -0.2) is 8.42 Å². The summed E-state index contributed by atoms with van der Waals surface area (Å²) < 4.78 is 26.8. The average Bonchev–Trinajstić information content (AvgIpc) is 3.03. The summed E-state index contributed by atoms with van der Waals surface area (Å²) in [4.78, 5) is 0. The zero-order chi connectivity index (χ0) is 15.6. The molecule has 1 aromatic rings. The molecule has 1 aliphatic heterocycles. The van der Waals surface area contributed by atoms with Crippen LogP contribution in [0.25, 0.3) is 0 Å². The van der Waals surface area contributed by atoms with E-state index in [9.17, 15) is 13.5 Å². The molecule has 2 N–H and O–H groups in total. The van der Waals surface area contributed by atoms with E-state index < -0.39 is 15.6 Å². The second kappa shape index (κ2) is 6.25. The van der Waals surface area contributed by atoms with E-state index in [1.54, 1.807) is 0 Å². The van der Waals surface area contributed by atoms with Gasteiger partial charge >= 0.3 is 0 Å². The van der Waals surface area contributed by atoms with Gasteiger partial charge in [0.2, 0.25) is 10.0 Å². The first-order valence-corrected chi connectivity index (χ1v) is 9.67. The minimum absolute atomic E-state index is 0.0780. The fourth-order valence-corrected chi connectivity index (χ4v) is 5.58. The van der Waals surface area contributed by atoms with Crippen molar-refractivity contribution in [2.24, 2.45) is 5.92 Å². The molecule has 124 valence electrons. The Balaban J connectivity index is 1.70. The molecule has 22 heavy (non-hydrogen) atoms. The molecule has 0 radical (unpaired) electrons. The molecule has 1 saturated heterocycles. The monoisotopic (exact) mass is 328 g/mol. The summed E-state index contributed by atoms with van der Waals surface area (Å²) >= 11 is 0. The number of sulfonamides is 1. The number of hydrogen-bond donors (Lipinski definition) is 2. The quantitative estimate of drug-likeness (QED) is 0.859. The number of piperidine rings is 1. The van der Waals surface area contributed by atoms with Gasteiger partial charge in [0.15, 0.2) is 0 Å². The van der Waals surface area contributed by atoms with Crippen molar-refractivity contribution >= 4 is 10.0 Å². The van der Waals surface area contributed by atoms with Crippen LogP contribution in [0.4, 0.5) is 0 Å². The Morgan fingerprint density at radius 3 is 2.77 bits per heavy atom. The van der Waals surface area contributed by atoms with Crippen LogP contribution in [0.1, 0.15) is 50.6 Å². The Labute approximate surface area is 131 Å². The second-order valence-corrected chi connectivity index (χ2v) is 8.62. The molecule has 0 amide bonds. The zero-order valence-corrected chi connectivity index (χ0v) is 13.6. The number of β-amino-alcohol motifs (C(OH)–C–C–N with tert-alkyl or cyclic N) is 1. The van der Waals surface area contributed by atoms with Crippen molar-refractivity contribution in [3.05, 3.63) is 11.9 Å². The van der Waals surface area contributed by atoms with Crippen LogP contribution in [0.15, 0.2) is 6.20 Å². The van der Waals surface area contributed by atoms with Crippen molar-refractivity contribution in [3.63, 3.8) is 0 Å². The molecule has 2 aliphatic rings. The average molecular weight is 328 g/mol. The summed E-state index contributed by atoms with van der Waals surface area (Å²) in [6.45, 7) is 0.559. The van der Waals surface area contributed by atoms with Gasteiger partial charge in [-0.05, 0) is 31.6 Å². The highest BCUT2D eigenvalue weighted by Gasteiger charge is 2.41. The van der Waals surface area contributed by atoms with E-state index in [-0.39, 0.29) is 18.2 Å². The fraction of sp³-hybridized carbons (Fsp3) is 0.857. The van der Waals surface area contributed by atoms with Crippen LogP contribution in [0, 0.1) is 5.92 Å². The molecule has 1 aromatic heterocycles. The fourth-order valence-electron chi connectivity index (χ4n) is 3.63. The number of rotatable bonds is 4. The molecule has 1 atom stereocenters. The number of aromatic nitrogens is 3. The molecule has 1 saturated carbocycles. The van der Waals surface area contributed by atoms with Crippen molar-refractivity contribution in [3.8, 4) is 0 Å². The van der Waals surface area contributed by atoms with Gasteiger partial charge < -0.3 is 5.11 Å². The summed E-state index contributed by atoms with van der Waals surface area (Å²) in [6, 6.07) is 0. The molecular formula is C14H24N4O3S. The van der Waals surface area contributed by atoms with Crippen LogP contribution in [-0.2, 0) is 15.6 Å². The predicted molar refractivity (Wildman–Crippen MR) is 81.4 cm³/mol. The largest absolute Gasteiger partial charge is 0.382 e.